The highest BCUT2D eigenvalue weighted by Gasteiger charge is 2.22. The van der Waals surface area contributed by atoms with Crippen molar-refractivity contribution in [2.24, 2.45) is 0 Å². The van der Waals surface area contributed by atoms with Crippen LogP contribution in [0.1, 0.15) is 19.8 Å². The SMILES string of the molecule is CCCCOC(=O)NC[C@H]1CO1. The summed E-state index contributed by atoms with van der Waals surface area (Å²) in [6.07, 6.45) is 1.86. The highest BCUT2D eigenvalue weighted by molar-refractivity contribution is 5.67. The van der Waals surface area contributed by atoms with E-state index < -0.39 is 0 Å². The topological polar surface area (TPSA) is 50.9 Å². The summed E-state index contributed by atoms with van der Waals surface area (Å²) in [4.78, 5) is 10.9. The Bertz CT molecular complexity index is 145. The Hall–Kier alpha value is -0.770. The molecule has 1 aliphatic heterocycles. The summed E-state index contributed by atoms with van der Waals surface area (Å²) in [5.41, 5.74) is 0. The molecule has 0 aromatic heterocycles. The van der Waals surface area contributed by atoms with Crippen LogP contribution in [0.25, 0.3) is 0 Å². The minimum atomic E-state index is -0.334. The summed E-state index contributed by atoms with van der Waals surface area (Å²) in [6.45, 7) is 3.90. The number of ether oxygens (including phenoxy) is 2. The van der Waals surface area contributed by atoms with Gasteiger partial charge >= 0.3 is 6.09 Å². The zero-order valence-corrected chi connectivity index (χ0v) is 7.34. The van der Waals surface area contributed by atoms with Crippen molar-refractivity contribution in [3.63, 3.8) is 0 Å². The Kier molecular flexibility index (Phi) is 3.87. The number of carbonyl (C=O) groups excluding carboxylic acids is 1. The maximum absolute atomic E-state index is 10.9. The third-order valence-electron chi connectivity index (χ3n) is 1.61. The van der Waals surface area contributed by atoms with E-state index >= 15 is 0 Å². The molecule has 0 aromatic rings. The van der Waals surface area contributed by atoms with Gasteiger partial charge in [0.1, 0.15) is 0 Å². The van der Waals surface area contributed by atoms with Crippen LogP contribution in [0, 0.1) is 0 Å². The first-order valence-corrected chi connectivity index (χ1v) is 4.35. The van der Waals surface area contributed by atoms with Crippen molar-refractivity contribution in [1.82, 2.24) is 5.32 Å². The summed E-state index contributed by atoms with van der Waals surface area (Å²) in [7, 11) is 0. The zero-order valence-electron chi connectivity index (χ0n) is 7.34. The number of hydrogen-bond donors (Lipinski definition) is 1. The van der Waals surface area contributed by atoms with E-state index in [1.807, 2.05) is 0 Å². The number of alkyl carbamates (subject to hydrolysis) is 1. The first-order valence-electron chi connectivity index (χ1n) is 4.35. The van der Waals surface area contributed by atoms with Gasteiger partial charge in [0.05, 0.1) is 19.3 Å². The van der Waals surface area contributed by atoms with Crippen LogP contribution in [0.15, 0.2) is 0 Å². The lowest BCUT2D eigenvalue weighted by atomic mass is 10.4. The van der Waals surface area contributed by atoms with Crippen molar-refractivity contribution in [3.05, 3.63) is 0 Å². The highest BCUT2D eigenvalue weighted by atomic mass is 16.6. The Morgan fingerprint density at radius 3 is 3.08 bits per heavy atom. The van der Waals surface area contributed by atoms with Gasteiger partial charge in [0.2, 0.25) is 0 Å². The molecule has 0 spiro atoms. The smallest absolute Gasteiger partial charge is 0.407 e. The second kappa shape index (κ2) is 4.98. The van der Waals surface area contributed by atoms with Gasteiger partial charge in [-0.1, -0.05) is 13.3 Å². The summed E-state index contributed by atoms with van der Waals surface area (Å²) >= 11 is 0. The van der Waals surface area contributed by atoms with Gasteiger partial charge in [0.25, 0.3) is 0 Å². The average molecular weight is 173 g/mol. The number of amides is 1. The molecular weight excluding hydrogens is 158 g/mol. The van der Waals surface area contributed by atoms with E-state index in [1.54, 1.807) is 0 Å². The lowest BCUT2D eigenvalue weighted by Crippen LogP contribution is -2.28. The van der Waals surface area contributed by atoms with Gasteiger partial charge in [-0.15, -0.1) is 0 Å². The molecule has 1 amide bonds. The second-order valence-corrected chi connectivity index (χ2v) is 2.83. The molecule has 70 valence electrons. The van der Waals surface area contributed by atoms with Gasteiger partial charge in [0.15, 0.2) is 0 Å². The van der Waals surface area contributed by atoms with Gasteiger partial charge in [-0.25, -0.2) is 4.79 Å². The summed E-state index contributed by atoms with van der Waals surface area (Å²) in [5.74, 6) is 0. The normalized spacial score (nSPS) is 20.2. The van der Waals surface area contributed by atoms with E-state index in [0.717, 1.165) is 19.4 Å². The number of epoxide rings is 1. The average Bonchev–Trinajstić information content (AvgIpc) is 2.84. The Morgan fingerprint density at radius 1 is 1.75 bits per heavy atom. The number of hydrogen-bond acceptors (Lipinski definition) is 3. The molecule has 1 atom stereocenters. The molecule has 0 bridgehead atoms. The first kappa shape index (κ1) is 9.32. The van der Waals surface area contributed by atoms with Gasteiger partial charge in [-0.2, -0.15) is 0 Å². The molecule has 1 heterocycles. The highest BCUT2D eigenvalue weighted by Crippen LogP contribution is 2.05. The van der Waals surface area contributed by atoms with Crippen molar-refractivity contribution in [1.29, 1.82) is 0 Å². The van der Waals surface area contributed by atoms with Crippen LogP contribution in [0.4, 0.5) is 4.79 Å². The number of carbonyl (C=O) groups is 1. The van der Waals surface area contributed by atoms with E-state index in [4.69, 9.17) is 9.47 Å². The molecule has 12 heavy (non-hydrogen) atoms. The van der Waals surface area contributed by atoms with Gasteiger partial charge in [0, 0.05) is 6.54 Å². The molecule has 1 saturated heterocycles. The predicted molar refractivity (Wildman–Crippen MR) is 44.0 cm³/mol. The fraction of sp³-hybridized carbons (Fsp3) is 0.875. The van der Waals surface area contributed by atoms with Crippen molar-refractivity contribution in [2.45, 2.75) is 25.9 Å². The Morgan fingerprint density at radius 2 is 2.50 bits per heavy atom. The molecule has 0 radical (unpaired) electrons. The van der Waals surface area contributed by atoms with Crippen LogP contribution < -0.4 is 5.32 Å². The largest absolute Gasteiger partial charge is 0.450 e. The minimum Gasteiger partial charge on any atom is -0.450 e. The molecule has 1 fully saturated rings. The maximum Gasteiger partial charge on any atom is 0.407 e. The monoisotopic (exact) mass is 173 g/mol. The summed E-state index contributed by atoms with van der Waals surface area (Å²) in [5, 5.41) is 2.62. The van der Waals surface area contributed by atoms with Gasteiger partial charge < -0.3 is 14.8 Å². The Balaban J connectivity index is 1.88. The number of rotatable bonds is 5. The molecule has 4 heteroatoms. The van der Waals surface area contributed by atoms with Crippen LogP contribution in [0.2, 0.25) is 0 Å². The third-order valence-corrected chi connectivity index (χ3v) is 1.61. The van der Waals surface area contributed by atoms with E-state index in [1.165, 1.54) is 0 Å². The molecule has 1 rings (SSSR count). The van der Waals surface area contributed by atoms with Crippen LogP contribution in [-0.2, 0) is 9.47 Å². The fourth-order valence-corrected chi connectivity index (χ4v) is 0.743. The zero-order chi connectivity index (χ0) is 8.81. The molecule has 1 aliphatic rings. The molecule has 0 aromatic carbocycles. The van der Waals surface area contributed by atoms with Gasteiger partial charge in [-0.05, 0) is 6.42 Å². The quantitative estimate of drug-likeness (QED) is 0.496. The fourth-order valence-electron chi connectivity index (χ4n) is 0.743. The van der Waals surface area contributed by atoms with Crippen LogP contribution in [-0.4, -0.2) is 32.0 Å². The molecule has 0 aliphatic carbocycles. The van der Waals surface area contributed by atoms with Crippen LogP contribution in [0.5, 0.6) is 0 Å². The molecule has 0 unspecified atom stereocenters. The van der Waals surface area contributed by atoms with E-state index in [0.29, 0.717) is 13.2 Å². The summed E-state index contributed by atoms with van der Waals surface area (Å²) in [6, 6.07) is 0. The third kappa shape index (κ3) is 4.18. The first-order chi connectivity index (χ1) is 5.83. The molecule has 1 N–H and O–H groups in total. The standard InChI is InChI=1S/C8H15NO3/c1-2-3-4-11-8(10)9-5-7-6-12-7/h7H,2-6H2,1H3,(H,9,10)/t7-/m0/s1. The number of unbranched alkanes of at least 4 members (excludes halogenated alkanes) is 1. The van der Waals surface area contributed by atoms with Crippen molar-refractivity contribution in [3.8, 4) is 0 Å². The lowest BCUT2D eigenvalue weighted by molar-refractivity contribution is 0.143. The minimum absolute atomic E-state index is 0.226. The van der Waals surface area contributed by atoms with Crippen molar-refractivity contribution < 1.29 is 14.3 Å². The molecule has 4 nitrogen and oxygen atoms in total. The van der Waals surface area contributed by atoms with Crippen molar-refractivity contribution >= 4 is 6.09 Å². The van der Waals surface area contributed by atoms with Crippen molar-refractivity contribution in [2.75, 3.05) is 19.8 Å². The Labute approximate surface area is 72.2 Å². The summed E-state index contributed by atoms with van der Waals surface area (Å²) < 4.78 is 9.77. The molecular formula is C8H15NO3. The molecule has 0 saturated carbocycles. The second-order valence-electron chi connectivity index (χ2n) is 2.83. The van der Waals surface area contributed by atoms with Crippen LogP contribution in [0.3, 0.4) is 0 Å². The van der Waals surface area contributed by atoms with Crippen LogP contribution >= 0.6 is 0 Å². The number of nitrogens with one attached hydrogen (secondary N) is 1. The lowest BCUT2D eigenvalue weighted by Gasteiger charge is -2.03. The predicted octanol–water partition coefficient (Wildman–Crippen LogP) is 0.911. The van der Waals surface area contributed by atoms with Gasteiger partial charge in [-0.3, -0.25) is 0 Å². The maximum atomic E-state index is 10.9. The van der Waals surface area contributed by atoms with E-state index in [2.05, 4.69) is 12.2 Å². The van der Waals surface area contributed by atoms with E-state index in [-0.39, 0.29) is 12.2 Å². The van der Waals surface area contributed by atoms with E-state index in [9.17, 15) is 4.79 Å².